The summed E-state index contributed by atoms with van der Waals surface area (Å²) in [5.41, 5.74) is 3.30. The summed E-state index contributed by atoms with van der Waals surface area (Å²) >= 11 is 0. The number of fused-ring (bicyclic) bond motifs is 1. The van der Waals surface area contributed by atoms with Crippen LogP contribution in [0.15, 0.2) is 17.1 Å². The molecule has 2 aromatic rings. The first-order chi connectivity index (χ1) is 13.0. The Kier molecular flexibility index (Phi) is 5.15. The fourth-order valence-corrected chi connectivity index (χ4v) is 5.58. The third-order valence-corrected chi connectivity index (χ3v) is 7.26. The third kappa shape index (κ3) is 3.58. The first kappa shape index (κ1) is 18.7. The van der Waals surface area contributed by atoms with Crippen LogP contribution in [0.5, 0.6) is 0 Å². The smallest absolute Gasteiger partial charge is 0.326 e. The summed E-state index contributed by atoms with van der Waals surface area (Å²) in [7, 11) is 0. The number of nitrogens with zero attached hydrogens (tertiary/aromatic N) is 2. The molecule has 5 nitrogen and oxygen atoms in total. The van der Waals surface area contributed by atoms with Crippen molar-refractivity contribution in [3.8, 4) is 0 Å². The van der Waals surface area contributed by atoms with Gasteiger partial charge < -0.3 is 9.72 Å². The van der Waals surface area contributed by atoms with Gasteiger partial charge in [-0.05, 0) is 82.6 Å². The van der Waals surface area contributed by atoms with Crippen molar-refractivity contribution in [3.05, 3.63) is 28.4 Å². The van der Waals surface area contributed by atoms with Gasteiger partial charge in [0, 0.05) is 18.3 Å². The lowest BCUT2D eigenvalue weighted by molar-refractivity contribution is -0.0192. The molecule has 0 atom stereocenters. The lowest BCUT2D eigenvalue weighted by atomic mass is 9.62. The second-order valence-electron chi connectivity index (χ2n) is 8.96. The molecule has 1 N–H and O–H groups in total. The van der Waals surface area contributed by atoms with Crippen molar-refractivity contribution < 1.29 is 4.74 Å². The fourth-order valence-electron chi connectivity index (χ4n) is 5.58. The number of nitrogens with one attached hydrogen (secondary N) is 1. The number of rotatable bonds is 4. The molecular formula is C22H33N3O2. The number of hydrogen-bond acceptors (Lipinski definition) is 3. The van der Waals surface area contributed by atoms with Crippen LogP contribution in [0.25, 0.3) is 11.0 Å². The Morgan fingerprint density at radius 2 is 1.93 bits per heavy atom. The van der Waals surface area contributed by atoms with Crippen LogP contribution in [0.1, 0.15) is 76.9 Å². The van der Waals surface area contributed by atoms with Gasteiger partial charge in [0.25, 0.3) is 0 Å². The molecule has 0 aliphatic heterocycles. The number of pyridine rings is 1. The van der Waals surface area contributed by atoms with Crippen LogP contribution >= 0.6 is 0 Å². The van der Waals surface area contributed by atoms with Gasteiger partial charge in [-0.15, -0.1) is 0 Å². The van der Waals surface area contributed by atoms with Gasteiger partial charge in [0.1, 0.15) is 0 Å². The maximum absolute atomic E-state index is 12.6. The largest absolute Gasteiger partial charge is 0.379 e. The fraction of sp³-hybridized carbons (Fsp3) is 0.727. The van der Waals surface area contributed by atoms with Gasteiger partial charge in [0.2, 0.25) is 0 Å². The van der Waals surface area contributed by atoms with Gasteiger partial charge in [-0.1, -0.05) is 6.92 Å². The van der Waals surface area contributed by atoms with Crippen LogP contribution in [0.2, 0.25) is 0 Å². The molecule has 2 aliphatic rings. The Bertz CT molecular complexity index is 837. The Morgan fingerprint density at radius 1 is 1.22 bits per heavy atom. The number of H-pyrrole nitrogens is 1. The monoisotopic (exact) mass is 371 g/mol. The highest BCUT2D eigenvalue weighted by Crippen LogP contribution is 2.49. The minimum Gasteiger partial charge on any atom is -0.379 e. The maximum atomic E-state index is 12.6. The van der Waals surface area contributed by atoms with Gasteiger partial charge in [-0.25, -0.2) is 4.79 Å². The predicted molar refractivity (Wildman–Crippen MR) is 108 cm³/mol. The molecule has 4 rings (SSSR count). The van der Waals surface area contributed by atoms with E-state index in [1.165, 1.54) is 38.5 Å². The number of aromatic amines is 1. The van der Waals surface area contributed by atoms with Crippen LogP contribution in [-0.4, -0.2) is 27.2 Å². The summed E-state index contributed by atoms with van der Waals surface area (Å²) in [6, 6.07) is 2.35. The van der Waals surface area contributed by atoms with E-state index in [4.69, 9.17) is 4.74 Å². The molecule has 0 aromatic carbocycles. The zero-order chi connectivity index (χ0) is 19.0. The van der Waals surface area contributed by atoms with Gasteiger partial charge in [0.05, 0.1) is 23.3 Å². The van der Waals surface area contributed by atoms with Crippen LogP contribution in [0, 0.1) is 18.3 Å². The highest BCUT2D eigenvalue weighted by Gasteiger charge is 2.40. The van der Waals surface area contributed by atoms with Gasteiger partial charge in [-0.2, -0.15) is 0 Å². The Balaban J connectivity index is 1.45. The standard InChI is InChI=1S/C22H33N3O2/c1-4-27-18-9-11-22(3,12-10-18)16-5-7-17(8-6-16)25-20-13-15(2)23-14-19(20)24-21(25)26/h13-14,16-18H,4-12H2,1-3H3,(H,24,26)/t16?,17?,18-,22-. The summed E-state index contributed by atoms with van der Waals surface area (Å²) in [6.07, 6.45) is 11.9. The van der Waals surface area contributed by atoms with Crippen molar-refractivity contribution in [2.45, 2.75) is 84.3 Å². The van der Waals surface area contributed by atoms with Gasteiger partial charge in [0.15, 0.2) is 0 Å². The molecule has 2 fully saturated rings. The van der Waals surface area contributed by atoms with E-state index in [0.29, 0.717) is 17.6 Å². The van der Waals surface area contributed by atoms with Crippen LogP contribution < -0.4 is 5.69 Å². The number of aromatic nitrogens is 3. The molecule has 0 amide bonds. The number of hydrogen-bond donors (Lipinski definition) is 1. The molecule has 2 aliphatic carbocycles. The number of ether oxygens (including phenoxy) is 1. The lowest BCUT2D eigenvalue weighted by Gasteiger charge is -2.46. The second-order valence-corrected chi connectivity index (χ2v) is 8.96. The topological polar surface area (TPSA) is 59.9 Å². The molecule has 2 heterocycles. The quantitative estimate of drug-likeness (QED) is 0.844. The average Bonchev–Trinajstić information content (AvgIpc) is 2.99. The normalized spacial score (nSPS) is 32.0. The molecule has 2 aromatic heterocycles. The van der Waals surface area contributed by atoms with E-state index >= 15 is 0 Å². The van der Waals surface area contributed by atoms with Gasteiger partial charge in [-0.3, -0.25) is 9.55 Å². The van der Waals surface area contributed by atoms with E-state index in [0.717, 1.165) is 42.1 Å². The molecule has 0 spiro atoms. The van der Waals surface area contributed by atoms with E-state index in [1.807, 2.05) is 17.6 Å². The second kappa shape index (κ2) is 7.42. The van der Waals surface area contributed by atoms with E-state index in [9.17, 15) is 4.79 Å². The first-order valence-corrected chi connectivity index (χ1v) is 10.7. The first-order valence-electron chi connectivity index (χ1n) is 10.7. The predicted octanol–water partition coefficient (Wildman–Crippen LogP) is 4.75. The van der Waals surface area contributed by atoms with Crippen molar-refractivity contribution in [1.29, 1.82) is 0 Å². The van der Waals surface area contributed by atoms with E-state index < -0.39 is 0 Å². The lowest BCUT2D eigenvalue weighted by Crippen LogP contribution is -2.37. The SMILES string of the molecule is CCO[C@H]1CC[C@](C)(C2CCC(n3c(=O)[nH]c4cnc(C)cc43)CC2)CC1. The zero-order valence-corrected chi connectivity index (χ0v) is 17.0. The van der Waals surface area contributed by atoms with Crippen molar-refractivity contribution in [2.75, 3.05) is 6.61 Å². The van der Waals surface area contributed by atoms with Crippen molar-refractivity contribution >= 4 is 11.0 Å². The minimum absolute atomic E-state index is 0.0179. The Morgan fingerprint density at radius 3 is 2.59 bits per heavy atom. The number of imidazole rings is 1. The molecule has 5 heteroatoms. The van der Waals surface area contributed by atoms with Crippen molar-refractivity contribution in [2.24, 2.45) is 11.3 Å². The maximum Gasteiger partial charge on any atom is 0.326 e. The summed E-state index contributed by atoms with van der Waals surface area (Å²) in [6.45, 7) is 7.41. The average molecular weight is 372 g/mol. The van der Waals surface area contributed by atoms with Gasteiger partial charge >= 0.3 is 5.69 Å². The zero-order valence-electron chi connectivity index (χ0n) is 17.0. The van der Waals surface area contributed by atoms with E-state index in [1.54, 1.807) is 6.20 Å². The van der Waals surface area contributed by atoms with E-state index in [-0.39, 0.29) is 5.69 Å². The molecule has 0 saturated heterocycles. The molecule has 148 valence electrons. The number of aryl methyl sites for hydroxylation is 1. The Labute approximate surface area is 161 Å². The van der Waals surface area contributed by atoms with Crippen LogP contribution in [0.4, 0.5) is 0 Å². The van der Waals surface area contributed by atoms with Crippen molar-refractivity contribution in [3.63, 3.8) is 0 Å². The molecule has 0 bridgehead atoms. The summed E-state index contributed by atoms with van der Waals surface area (Å²) in [4.78, 5) is 19.9. The molecule has 0 unspecified atom stereocenters. The summed E-state index contributed by atoms with van der Waals surface area (Å²) in [5, 5.41) is 0. The highest BCUT2D eigenvalue weighted by molar-refractivity contribution is 5.74. The highest BCUT2D eigenvalue weighted by atomic mass is 16.5. The third-order valence-electron chi connectivity index (χ3n) is 7.26. The van der Waals surface area contributed by atoms with E-state index in [2.05, 4.69) is 23.8 Å². The van der Waals surface area contributed by atoms with Crippen molar-refractivity contribution in [1.82, 2.24) is 14.5 Å². The molecular weight excluding hydrogens is 338 g/mol. The molecule has 27 heavy (non-hydrogen) atoms. The van der Waals surface area contributed by atoms with Crippen LogP contribution in [0.3, 0.4) is 0 Å². The van der Waals surface area contributed by atoms with Crippen LogP contribution in [-0.2, 0) is 4.74 Å². The molecule has 0 radical (unpaired) electrons. The summed E-state index contributed by atoms with van der Waals surface area (Å²) in [5.74, 6) is 0.778. The minimum atomic E-state index is 0.0179. The summed E-state index contributed by atoms with van der Waals surface area (Å²) < 4.78 is 7.84. The molecule has 2 saturated carbocycles. The Hall–Kier alpha value is -1.62.